The zero-order valence-electron chi connectivity index (χ0n) is 13.6. The van der Waals surface area contributed by atoms with Crippen molar-refractivity contribution < 1.29 is 13.6 Å². The van der Waals surface area contributed by atoms with Gasteiger partial charge in [-0.25, -0.2) is 13.5 Å². The summed E-state index contributed by atoms with van der Waals surface area (Å²) in [6, 6.07) is 8.60. The largest absolute Gasteiger partial charge is 0.319 e. The van der Waals surface area contributed by atoms with E-state index < -0.39 is 11.7 Å². The molecule has 3 aromatic rings. The van der Waals surface area contributed by atoms with Gasteiger partial charge in [0, 0.05) is 12.1 Å². The van der Waals surface area contributed by atoms with Crippen molar-refractivity contribution in [1.82, 2.24) is 9.78 Å². The van der Waals surface area contributed by atoms with Crippen molar-refractivity contribution in [3.8, 4) is 5.69 Å². The van der Waals surface area contributed by atoms with E-state index in [4.69, 9.17) is 23.2 Å². The molecule has 0 aliphatic heterocycles. The molecule has 26 heavy (non-hydrogen) atoms. The number of nitrogens with zero attached hydrogens (tertiary/aromatic N) is 2. The van der Waals surface area contributed by atoms with Gasteiger partial charge in [-0.1, -0.05) is 17.7 Å². The molecule has 1 aromatic heterocycles. The Kier molecular flexibility index (Phi) is 5.25. The van der Waals surface area contributed by atoms with E-state index in [0.29, 0.717) is 16.9 Å². The number of hydrogen-bond acceptors (Lipinski definition) is 2. The van der Waals surface area contributed by atoms with E-state index in [1.807, 2.05) is 0 Å². The van der Waals surface area contributed by atoms with Crippen LogP contribution in [0.1, 0.15) is 21.6 Å². The fourth-order valence-electron chi connectivity index (χ4n) is 2.39. The lowest BCUT2D eigenvalue weighted by Crippen LogP contribution is -2.14. The molecule has 0 aliphatic rings. The van der Waals surface area contributed by atoms with Gasteiger partial charge in [-0.15, -0.1) is 11.6 Å². The molecule has 0 radical (unpaired) electrons. The molecular weight excluding hydrogens is 383 g/mol. The van der Waals surface area contributed by atoms with E-state index in [9.17, 15) is 13.6 Å². The van der Waals surface area contributed by atoms with Crippen LogP contribution in [0.4, 0.5) is 14.5 Å². The lowest BCUT2D eigenvalue weighted by molar-refractivity contribution is 0.102. The highest BCUT2D eigenvalue weighted by molar-refractivity contribution is 6.32. The summed E-state index contributed by atoms with van der Waals surface area (Å²) in [4.78, 5) is 12.5. The van der Waals surface area contributed by atoms with E-state index in [2.05, 4.69) is 10.4 Å². The van der Waals surface area contributed by atoms with Crippen molar-refractivity contribution in [2.24, 2.45) is 0 Å². The second-order valence-electron chi connectivity index (χ2n) is 5.54. The summed E-state index contributed by atoms with van der Waals surface area (Å²) in [6.45, 7) is 1.65. The first-order valence-electron chi connectivity index (χ1n) is 7.57. The average Bonchev–Trinajstić information content (AvgIpc) is 3.01. The van der Waals surface area contributed by atoms with Crippen molar-refractivity contribution in [2.75, 3.05) is 5.32 Å². The highest BCUT2D eigenvalue weighted by atomic mass is 35.5. The molecule has 1 heterocycles. The minimum Gasteiger partial charge on any atom is -0.319 e. The molecule has 0 saturated carbocycles. The topological polar surface area (TPSA) is 46.9 Å². The van der Waals surface area contributed by atoms with Gasteiger partial charge in [0.15, 0.2) is 5.82 Å². The first-order chi connectivity index (χ1) is 12.4. The summed E-state index contributed by atoms with van der Waals surface area (Å²) in [6.07, 6.45) is 1.49. The molecular formula is C18H13Cl2F2N3O. The van der Waals surface area contributed by atoms with Gasteiger partial charge < -0.3 is 5.32 Å². The Morgan fingerprint density at radius 3 is 2.54 bits per heavy atom. The molecule has 0 unspecified atom stereocenters. The number of hydrogen-bond donors (Lipinski definition) is 1. The number of anilines is 1. The van der Waals surface area contributed by atoms with Crippen LogP contribution >= 0.6 is 23.2 Å². The molecule has 0 saturated heterocycles. The quantitative estimate of drug-likeness (QED) is 0.624. The highest BCUT2D eigenvalue weighted by Gasteiger charge is 2.18. The first kappa shape index (κ1) is 18.4. The van der Waals surface area contributed by atoms with Crippen LogP contribution in [-0.2, 0) is 5.88 Å². The number of nitrogens with one attached hydrogen (secondary N) is 1. The summed E-state index contributed by atoms with van der Waals surface area (Å²) in [5, 5.41) is 6.59. The summed E-state index contributed by atoms with van der Waals surface area (Å²) in [7, 11) is 0. The predicted octanol–water partition coefficient (Wildman–Crippen LogP) is 5.10. The molecule has 4 nitrogen and oxygen atoms in total. The highest BCUT2D eigenvalue weighted by Crippen LogP contribution is 2.28. The zero-order valence-corrected chi connectivity index (χ0v) is 15.1. The third-order valence-corrected chi connectivity index (χ3v) is 4.49. The maximum atomic E-state index is 14.3. The van der Waals surface area contributed by atoms with Gasteiger partial charge in [-0.3, -0.25) is 4.79 Å². The molecule has 8 heteroatoms. The van der Waals surface area contributed by atoms with Crippen molar-refractivity contribution in [2.45, 2.75) is 12.8 Å². The predicted molar refractivity (Wildman–Crippen MR) is 97.2 cm³/mol. The monoisotopic (exact) mass is 395 g/mol. The van der Waals surface area contributed by atoms with Crippen molar-refractivity contribution in [1.29, 1.82) is 0 Å². The molecule has 1 amide bonds. The molecule has 0 fully saturated rings. The summed E-state index contributed by atoms with van der Waals surface area (Å²) >= 11 is 11.6. The standard InChI is InChI=1S/C18H13Cl2F2N3O/c1-10-14(9-25(24-10)13-5-3-12(21)4-6-13)18(26)23-15-7-2-11(8-19)16(20)17(15)22/h2-7,9H,8H2,1H3,(H,23,26). The Balaban J connectivity index is 1.87. The van der Waals surface area contributed by atoms with Crippen LogP contribution in [0, 0.1) is 18.6 Å². The van der Waals surface area contributed by atoms with Crippen molar-refractivity contribution in [3.05, 3.63) is 76.1 Å². The molecule has 3 rings (SSSR count). The van der Waals surface area contributed by atoms with Crippen LogP contribution in [0.5, 0.6) is 0 Å². The van der Waals surface area contributed by atoms with Crippen LogP contribution < -0.4 is 5.32 Å². The van der Waals surface area contributed by atoms with Crippen LogP contribution in [-0.4, -0.2) is 15.7 Å². The van der Waals surface area contributed by atoms with E-state index in [1.54, 1.807) is 13.0 Å². The Bertz CT molecular complexity index is 971. The summed E-state index contributed by atoms with van der Waals surface area (Å²) in [5.74, 6) is -1.59. The fourth-order valence-corrected chi connectivity index (χ4v) is 2.91. The lowest BCUT2D eigenvalue weighted by atomic mass is 10.2. The minimum absolute atomic E-state index is 0.0530. The number of carbonyl (C=O) groups is 1. The van der Waals surface area contributed by atoms with E-state index >= 15 is 0 Å². The molecule has 2 aromatic carbocycles. The van der Waals surface area contributed by atoms with E-state index in [1.165, 1.54) is 41.2 Å². The first-order valence-corrected chi connectivity index (χ1v) is 8.48. The third kappa shape index (κ3) is 3.57. The number of carbonyl (C=O) groups excluding carboxylic acids is 1. The van der Waals surface area contributed by atoms with Gasteiger partial charge in [0.1, 0.15) is 5.82 Å². The Labute approximate surface area is 158 Å². The molecule has 0 aliphatic carbocycles. The fraction of sp³-hybridized carbons (Fsp3) is 0.111. The number of alkyl halides is 1. The molecule has 0 atom stereocenters. The van der Waals surface area contributed by atoms with Gasteiger partial charge in [0.25, 0.3) is 5.91 Å². The van der Waals surface area contributed by atoms with E-state index in [-0.39, 0.29) is 28.0 Å². The SMILES string of the molecule is Cc1nn(-c2ccc(F)cc2)cc1C(=O)Nc1ccc(CCl)c(Cl)c1F. The van der Waals surface area contributed by atoms with Gasteiger partial charge in [-0.2, -0.15) is 5.10 Å². The molecule has 0 bridgehead atoms. The van der Waals surface area contributed by atoms with Gasteiger partial charge in [0.05, 0.1) is 27.7 Å². The maximum Gasteiger partial charge on any atom is 0.259 e. The Morgan fingerprint density at radius 1 is 1.19 bits per heavy atom. The van der Waals surface area contributed by atoms with Crippen LogP contribution in [0.2, 0.25) is 5.02 Å². The van der Waals surface area contributed by atoms with Crippen LogP contribution in [0.25, 0.3) is 5.69 Å². The second kappa shape index (κ2) is 7.43. The van der Waals surface area contributed by atoms with Gasteiger partial charge in [-0.05, 0) is 42.8 Å². The zero-order chi connectivity index (χ0) is 18.8. The Hall–Kier alpha value is -2.44. The average molecular weight is 396 g/mol. The second-order valence-corrected chi connectivity index (χ2v) is 6.18. The van der Waals surface area contributed by atoms with Gasteiger partial charge >= 0.3 is 0 Å². The van der Waals surface area contributed by atoms with E-state index in [0.717, 1.165) is 0 Å². The molecule has 0 spiro atoms. The summed E-state index contributed by atoms with van der Waals surface area (Å²) in [5.41, 5.74) is 1.67. The van der Waals surface area contributed by atoms with Crippen molar-refractivity contribution >= 4 is 34.8 Å². The lowest BCUT2D eigenvalue weighted by Gasteiger charge is -2.09. The number of rotatable bonds is 4. The number of aromatic nitrogens is 2. The third-order valence-electron chi connectivity index (χ3n) is 3.79. The smallest absolute Gasteiger partial charge is 0.259 e. The number of benzene rings is 2. The van der Waals surface area contributed by atoms with Crippen molar-refractivity contribution in [3.63, 3.8) is 0 Å². The van der Waals surface area contributed by atoms with Gasteiger partial charge in [0.2, 0.25) is 0 Å². The van der Waals surface area contributed by atoms with Crippen LogP contribution in [0.15, 0.2) is 42.6 Å². The maximum absolute atomic E-state index is 14.3. The number of amides is 1. The molecule has 134 valence electrons. The number of halogens is 4. The summed E-state index contributed by atoms with van der Waals surface area (Å²) < 4.78 is 28.8. The molecule has 1 N–H and O–H groups in total. The van der Waals surface area contributed by atoms with Crippen LogP contribution in [0.3, 0.4) is 0 Å². The Morgan fingerprint density at radius 2 is 1.88 bits per heavy atom. The normalized spacial score (nSPS) is 10.8. The minimum atomic E-state index is -0.748. The number of aryl methyl sites for hydroxylation is 1.